The molecule has 1 heterocycles. The van der Waals surface area contributed by atoms with Crippen LogP contribution in [0.2, 0.25) is 0 Å². The monoisotopic (exact) mass is 336 g/mol. The maximum absolute atomic E-state index is 5.32. The van der Waals surface area contributed by atoms with Crippen LogP contribution in [-0.2, 0) is 0 Å². The van der Waals surface area contributed by atoms with Gasteiger partial charge in [0.05, 0.1) is 19.7 Å². The van der Waals surface area contributed by atoms with Crippen molar-refractivity contribution < 1.29 is 9.47 Å². The second-order valence-electron chi connectivity index (χ2n) is 6.06. The largest absolute Gasteiger partial charge is 0.497 e. The third-order valence-corrected chi connectivity index (χ3v) is 4.13. The number of nitrogens with zero attached hydrogens (tertiary/aromatic N) is 2. The molecule has 0 bridgehead atoms. The molecule has 4 rings (SSSR count). The van der Waals surface area contributed by atoms with E-state index in [-0.39, 0.29) is 0 Å². The van der Waals surface area contributed by atoms with Crippen molar-refractivity contribution in [2.45, 2.75) is 18.9 Å². The van der Waals surface area contributed by atoms with Crippen molar-refractivity contribution in [3.63, 3.8) is 0 Å². The predicted octanol–water partition coefficient (Wildman–Crippen LogP) is 3.96. The number of hydrogen-bond acceptors (Lipinski definition) is 6. The summed E-state index contributed by atoms with van der Waals surface area (Å²) < 4.78 is 10.6. The Morgan fingerprint density at radius 2 is 1.68 bits per heavy atom. The number of hydrogen-bond donors (Lipinski definition) is 2. The Bertz CT molecular complexity index is 887. The van der Waals surface area contributed by atoms with Crippen LogP contribution in [0.25, 0.3) is 10.9 Å². The Labute approximate surface area is 146 Å². The van der Waals surface area contributed by atoms with E-state index in [1.807, 2.05) is 42.5 Å². The zero-order valence-corrected chi connectivity index (χ0v) is 14.2. The first kappa shape index (κ1) is 15.5. The number of anilines is 3. The molecule has 0 radical (unpaired) electrons. The number of fused-ring (bicyclic) bond motifs is 1. The summed E-state index contributed by atoms with van der Waals surface area (Å²) in [6.07, 6.45) is 2.38. The lowest BCUT2D eigenvalue weighted by Gasteiger charge is -2.13. The summed E-state index contributed by atoms with van der Waals surface area (Å²) in [5, 5.41) is 7.78. The molecule has 6 nitrogen and oxygen atoms in total. The van der Waals surface area contributed by atoms with Crippen molar-refractivity contribution in [2.24, 2.45) is 0 Å². The van der Waals surface area contributed by atoms with E-state index in [1.54, 1.807) is 14.2 Å². The van der Waals surface area contributed by atoms with E-state index in [4.69, 9.17) is 9.47 Å². The van der Waals surface area contributed by atoms with E-state index in [2.05, 4.69) is 20.6 Å². The third kappa shape index (κ3) is 3.42. The van der Waals surface area contributed by atoms with Crippen LogP contribution in [0, 0.1) is 0 Å². The highest BCUT2D eigenvalue weighted by atomic mass is 16.5. The van der Waals surface area contributed by atoms with Gasteiger partial charge in [0.2, 0.25) is 5.95 Å². The number of para-hydroxylation sites is 1. The van der Waals surface area contributed by atoms with Crippen LogP contribution in [0.3, 0.4) is 0 Å². The number of benzene rings is 2. The highest BCUT2D eigenvalue weighted by Crippen LogP contribution is 2.31. The van der Waals surface area contributed by atoms with E-state index in [0.717, 1.165) is 22.4 Å². The van der Waals surface area contributed by atoms with Crippen LogP contribution in [0.15, 0.2) is 42.5 Å². The van der Waals surface area contributed by atoms with Crippen molar-refractivity contribution >= 4 is 28.4 Å². The molecule has 1 aliphatic rings. The molecule has 1 aliphatic carbocycles. The van der Waals surface area contributed by atoms with E-state index in [0.29, 0.717) is 23.5 Å². The van der Waals surface area contributed by atoms with Gasteiger partial charge in [-0.2, -0.15) is 4.98 Å². The van der Waals surface area contributed by atoms with Gasteiger partial charge in [-0.15, -0.1) is 0 Å². The van der Waals surface area contributed by atoms with Crippen LogP contribution in [0.1, 0.15) is 12.8 Å². The Hall–Kier alpha value is -3.02. The number of nitrogens with one attached hydrogen (secondary N) is 2. The molecule has 0 spiro atoms. The minimum absolute atomic E-state index is 0.517. The molecule has 1 saturated carbocycles. The summed E-state index contributed by atoms with van der Waals surface area (Å²) in [5.41, 5.74) is 1.71. The van der Waals surface area contributed by atoms with Crippen molar-refractivity contribution in [3.05, 3.63) is 42.5 Å². The molecule has 1 aromatic heterocycles. The van der Waals surface area contributed by atoms with Crippen LogP contribution in [0.5, 0.6) is 11.5 Å². The van der Waals surface area contributed by atoms with Gasteiger partial charge >= 0.3 is 0 Å². The maximum Gasteiger partial charge on any atom is 0.229 e. The van der Waals surface area contributed by atoms with Gasteiger partial charge in [0.1, 0.15) is 17.3 Å². The molecule has 2 aromatic carbocycles. The summed E-state index contributed by atoms with van der Waals surface area (Å²) in [5.74, 6) is 2.82. The lowest BCUT2D eigenvalue weighted by Crippen LogP contribution is -2.07. The molecule has 0 saturated heterocycles. The fraction of sp³-hybridized carbons (Fsp3) is 0.263. The van der Waals surface area contributed by atoms with Gasteiger partial charge in [-0.1, -0.05) is 12.1 Å². The average Bonchev–Trinajstić information content (AvgIpc) is 3.45. The van der Waals surface area contributed by atoms with E-state index in [1.165, 1.54) is 12.8 Å². The zero-order valence-electron chi connectivity index (χ0n) is 14.2. The molecule has 3 aromatic rings. The number of rotatable bonds is 6. The number of ether oxygens (including phenoxy) is 2. The molecule has 25 heavy (non-hydrogen) atoms. The van der Waals surface area contributed by atoms with Crippen LogP contribution < -0.4 is 20.1 Å². The first-order chi connectivity index (χ1) is 12.2. The lowest BCUT2D eigenvalue weighted by molar-refractivity contribution is 0.395. The van der Waals surface area contributed by atoms with Gasteiger partial charge in [0.15, 0.2) is 0 Å². The van der Waals surface area contributed by atoms with Gasteiger partial charge in [-0.05, 0) is 25.0 Å². The minimum Gasteiger partial charge on any atom is -0.497 e. The quantitative estimate of drug-likeness (QED) is 0.710. The van der Waals surface area contributed by atoms with Crippen molar-refractivity contribution in [1.82, 2.24) is 9.97 Å². The molecule has 0 aliphatic heterocycles. The second kappa shape index (κ2) is 6.47. The minimum atomic E-state index is 0.517. The summed E-state index contributed by atoms with van der Waals surface area (Å²) in [6.45, 7) is 0. The van der Waals surface area contributed by atoms with Crippen LogP contribution in [-0.4, -0.2) is 30.2 Å². The maximum atomic E-state index is 5.32. The number of methoxy groups -OCH3 is 2. The lowest BCUT2D eigenvalue weighted by atomic mass is 10.2. The molecule has 0 unspecified atom stereocenters. The smallest absolute Gasteiger partial charge is 0.229 e. The SMILES string of the molecule is COc1cc(Nc2nc(NC3CC3)c3ccccc3n2)cc(OC)c1. The molecule has 0 amide bonds. The fourth-order valence-electron chi connectivity index (χ4n) is 2.67. The summed E-state index contributed by atoms with van der Waals surface area (Å²) in [4.78, 5) is 9.30. The fourth-order valence-corrected chi connectivity index (χ4v) is 2.67. The van der Waals surface area contributed by atoms with E-state index < -0.39 is 0 Å². The van der Waals surface area contributed by atoms with Gasteiger partial charge in [0, 0.05) is 35.3 Å². The molecular formula is C19H20N4O2. The topological polar surface area (TPSA) is 68.3 Å². The highest BCUT2D eigenvalue weighted by Gasteiger charge is 2.22. The molecule has 6 heteroatoms. The highest BCUT2D eigenvalue weighted by molar-refractivity contribution is 5.90. The average molecular weight is 336 g/mol. The molecule has 2 N–H and O–H groups in total. The van der Waals surface area contributed by atoms with E-state index in [9.17, 15) is 0 Å². The van der Waals surface area contributed by atoms with E-state index >= 15 is 0 Å². The Morgan fingerprint density at radius 3 is 2.36 bits per heavy atom. The first-order valence-corrected chi connectivity index (χ1v) is 8.28. The summed E-state index contributed by atoms with van der Waals surface area (Å²) in [6, 6.07) is 14.1. The van der Waals surface area contributed by atoms with Crippen LogP contribution in [0.4, 0.5) is 17.5 Å². The normalized spacial score (nSPS) is 13.5. The third-order valence-electron chi connectivity index (χ3n) is 4.13. The van der Waals surface area contributed by atoms with Gasteiger partial charge in [-0.25, -0.2) is 4.98 Å². The summed E-state index contributed by atoms with van der Waals surface area (Å²) in [7, 11) is 3.26. The van der Waals surface area contributed by atoms with Gasteiger partial charge < -0.3 is 20.1 Å². The molecule has 1 fully saturated rings. The van der Waals surface area contributed by atoms with Crippen molar-refractivity contribution in [3.8, 4) is 11.5 Å². The van der Waals surface area contributed by atoms with Crippen molar-refractivity contribution in [1.29, 1.82) is 0 Å². The summed E-state index contributed by atoms with van der Waals surface area (Å²) >= 11 is 0. The van der Waals surface area contributed by atoms with Crippen molar-refractivity contribution in [2.75, 3.05) is 24.9 Å². The molecular weight excluding hydrogens is 316 g/mol. The predicted molar refractivity (Wildman–Crippen MR) is 99.0 cm³/mol. The zero-order chi connectivity index (χ0) is 17.2. The van der Waals surface area contributed by atoms with Gasteiger partial charge in [-0.3, -0.25) is 0 Å². The van der Waals surface area contributed by atoms with Gasteiger partial charge in [0.25, 0.3) is 0 Å². The first-order valence-electron chi connectivity index (χ1n) is 8.28. The Morgan fingerprint density at radius 1 is 0.960 bits per heavy atom. The second-order valence-corrected chi connectivity index (χ2v) is 6.06. The Balaban J connectivity index is 1.71. The Kier molecular flexibility index (Phi) is 4.01. The molecule has 0 atom stereocenters. The molecule has 128 valence electrons. The number of aromatic nitrogens is 2. The standard InChI is InChI=1S/C19H20N4O2/c1-24-14-9-13(10-15(11-14)25-2)21-19-22-17-6-4-3-5-16(17)18(23-19)20-12-7-8-12/h3-6,9-12H,7-8H2,1-2H3,(H2,20,21,22,23). The van der Waals surface area contributed by atoms with Crippen LogP contribution >= 0.6 is 0 Å².